The van der Waals surface area contributed by atoms with Crippen LogP contribution < -0.4 is 5.32 Å². The summed E-state index contributed by atoms with van der Waals surface area (Å²) in [6.07, 6.45) is 5.85. The smallest absolute Gasteiger partial charge is 0.222 e. The molecule has 0 radical (unpaired) electrons. The van der Waals surface area contributed by atoms with E-state index >= 15 is 0 Å². The third-order valence-electron chi connectivity index (χ3n) is 3.08. The Kier molecular flexibility index (Phi) is 4.31. The van der Waals surface area contributed by atoms with Gasteiger partial charge >= 0.3 is 0 Å². The summed E-state index contributed by atoms with van der Waals surface area (Å²) >= 11 is 0. The number of rotatable bonds is 7. The van der Waals surface area contributed by atoms with E-state index in [4.69, 9.17) is 0 Å². The molecule has 1 fully saturated rings. The Morgan fingerprint density at radius 2 is 2.29 bits per heavy atom. The molecule has 94 valence electrons. The number of hydrogen-bond acceptors (Lipinski definition) is 4. The fourth-order valence-corrected chi connectivity index (χ4v) is 2.05. The molecule has 1 aliphatic rings. The van der Waals surface area contributed by atoms with E-state index < -0.39 is 0 Å². The minimum atomic E-state index is 0.713. The second kappa shape index (κ2) is 5.96. The molecule has 0 bridgehead atoms. The predicted molar refractivity (Wildman–Crippen MR) is 69.9 cm³/mol. The van der Waals surface area contributed by atoms with Crippen LogP contribution in [0, 0.1) is 5.92 Å². The molecule has 0 aromatic carbocycles. The molecule has 1 saturated carbocycles. The van der Waals surface area contributed by atoms with Gasteiger partial charge in [0, 0.05) is 26.3 Å². The van der Waals surface area contributed by atoms with E-state index in [9.17, 15) is 0 Å². The summed E-state index contributed by atoms with van der Waals surface area (Å²) in [6, 6.07) is 2.01. The summed E-state index contributed by atoms with van der Waals surface area (Å²) < 4.78 is 0. The van der Waals surface area contributed by atoms with Crippen molar-refractivity contribution in [3.63, 3.8) is 0 Å². The molecule has 4 heteroatoms. The van der Waals surface area contributed by atoms with Gasteiger partial charge in [0.2, 0.25) is 5.95 Å². The molecular weight excluding hydrogens is 212 g/mol. The van der Waals surface area contributed by atoms with Crippen LogP contribution in [-0.4, -0.2) is 35.0 Å². The Morgan fingerprint density at radius 1 is 1.47 bits per heavy atom. The van der Waals surface area contributed by atoms with Crippen molar-refractivity contribution >= 4 is 5.95 Å². The predicted octanol–water partition coefficient (Wildman–Crippen LogP) is 2.14. The molecule has 2 rings (SSSR count). The molecule has 1 aliphatic carbocycles. The first-order chi connectivity index (χ1) is 8.31. The average molecular weight is 234 g/mol. The molecule has 1 N–H and O–H groups in total. The van der Waals surface area contributed by atoms with E-state index in [1.807, 2.05) is 19.3 Å². The first kappa shape index (κ1) is 12.3. The van der Waals surface area contributed by atoms with Crippen LogP contribution in [0.2, 0.25) is 0 Å². The molecule has 0 amide bonds. The van der Waals surface area contributed by atoms with Gasteiger partial charge in [0.15, 0.2) is 0 Å². The maximum Gasteiger partial charge on any atom is 0.222 e. The minimum absolute atomic E-state index is 0.713. The van der Waals surface area contributed by atoms with Crippen molar-refractivity contribution in [2.75, 3.05) is 25.5 Å². The van der Waals surface area contributed by atoms with E-state index in [1.165, 1.54) is 25.8 Å². The third kappa shape index (κ3) is 3.97. The Hall–Kier alpha value is -1.16. The zero-order valence-corrected chi connectivity index (χ0v) is 10.8. The lowest BCUT2D eigenvalue weighted by atomic mass is 10.3. The molecule has 0 saturated heterocycles. The Labute approximate surface area is 103 Å². The van der Waals surface area contributed by atoms with Gasteiger partial charge in [0.05, 0.1) is 5.69 Å². The van der Waals surface area contributed by atoms with Gasteiger partial charge in [0.1, 0.15) is 0 Å². The fraction of sp³-hybridized carbons (Fsp3) is 0.692. The van der Waals surface area contributed by atoms with Crippen LogP contribution in [0.15, 0.2) is 12.3 Å². The number of hydrogen-bond donors (Lipinski definition) is 1. The van der Waals surface area contributed by atoms with E-state index in [1.54, 1.807) is 0 Å². The molecule has 1 heterocycles. The maximum atomic E-state index is 4.48. The molecule has 17 heavy (non-hydrogen) atoms. The van der Waals surface area contributed by atoms with Crippen molar-refractivity contribution in [2.45, 2.75) is 32.7 Å². The number of anilines is 1. The van der Waals surface area contributed by atoms with E-state index in [2.05, 4.69) is 27.1 Å². The average Bonchev–Trinajstić information content (AvgIpc) is 3.13. The zero-order valence-electron chi connectivity index (χ0n) is 10.8. The monoisotopic (exact) mass is 234 g/mol. The standard InChI is InChI=1S/C13H22N4/c1-3-8-17(9-11-4-5-11)10-12-6-7-15-13(14-2)16-12/h6-7,11H,3-5,8-10H2,1-2H3,(H,14,15,16). The second-order valence-corrected chi connectivity index (χ2v) is 4.80. The van der Waals surface area contributed by atoms with Crippen molar-refractivity contribution in [3.05, 3.63) is 18.0 Å². The molecule has 0 atom stereocenters. The van der Waals surface area contributed by atoms with Gasteiger partial charge in [-0.2, -0.15) is 0 Å². The van der Waals surface area contributed by atoms with Crippen molar-refractivity contribution in [1.82, 2.24) is 14.9 Å². The highest BCUT2D eigenvalue weighted by Gasteiger charge is 2.24. The number of nitrogens with one attached hydrogen (secondary N) is 1. The van der Waals surface area contributed by atoms with Crippen LogP contribution in [0.5, 0.6) is 0 Å². The van der Waals surface area contributed by atoms with Gasteiger partial charge in [-0.3, -0.25) is 4.90 Å². The van der Waals surface area contributed by atoms with Crippen molar-refractivity contribution in [3.8, 4) is 0 Å². The van der Waals surface area contributed by atoms with E-state index in [0.29, 0.717) is 5.95 Å². The zero-order chi connectivity index (χ0) is 12.1. The van der Waals surface area contributed by atoms with Crippen molar-refractivity contribution in [2.24, 2.45) is 5.92 Å². The molecule has 0 aliphatic heterocycles. The summed E-state index contributed by atoms with van der Waals surface area (Å²) in [5, 5.41) is 2.98. The summed E-state index contributed by atoms with van der Waals surface area (Å²) in [5.41, 5.74) is 1.11. The lowest BCUT2D eigenvalue weighted by Crippen LogP contribution is -2.27. The first-order valence-corrected chi connectivity index (χ1v) is 6.54. The fourth-order valence-electron chi connectivity index (χ4n) is 2.05. The van der Waals surface area contributed by atoms with Crippen LogP contribution in [0.3, 0.4) is 0 Å². The van der Waals surface area contributed by atoms with Crippen LogP contribution in [-0.2, 0) is 6.54 Å². The summed E-state index contributed by atoms with van der Waals surface area (Å²) in [6.45, 7) is 5.57. The Bertz CT molecular complexity index is 349. The summed E-state index contributed by atoms with van der Waals surface area (Å²) in [7, 11) is 1.85. The molecule has 1 aromatic heterocycles. The van der Waals surface area contributed by atoms with Crippen LogP contribution in [0.25, 0.3) is 0 Å². The quantitative estimate of drug-likeness (QED) is 0.785. The van der Waals surface area contributed by atoms with Gasteiger partial charge in [-0.1, -0.05) is 6.92 Å². The minimum Gasteiger partial charge on any atom is -0.357 e. The number of aromatic nitrogens is 2. The molecule has 0 unspecified atom stereocenters. The highest BCUT2D eigenvalue weighted by molar-refractivity contribution is 5.23. The normalized spacial score (nSPS) is 15.2. The van der Waals surface area contributed by atoms with E-state index in [0.717, 1.165) is 24.7 Å². The third-order valence-corrected chi connectivity index (χ3v) is 3.08. The summed E-state index contributed by atoms with van der Waals surface area (Å²) in [4.78, 5) is 11.1. The van der Waals surface area contributed by atoms with Gasteiger partial charge in [-0.25, -0.2) is 9.97 Å². The highest BCUT2D eigenvalue weighted by Crippen LogP contribution is 2.30. The van der Waals surface area contributed by atoms with Gasteiger partial charge in [-0.05, 0) is 37.8 Å². The van der Waals surface area contributed by atoms with Crippen molar-refractivity contribution in [1.29, 1.82) is 0 Å². The van der Waals surface area contributed by atoms with Crippen molar-refractivity contribution < 1.29 is 0 Å². The van der Waals surface area contributed by atoms with Crippen LogP contribution in [0.4, 0.5) is 5.95 Å². The molecular formula is C13H22N4. The first-order valence-electron chi connectivity index (χ1n) is 6.54. The van der Waals surface area contributed by atoms with Crippen LogP contribution in [0.1, 0.15) is 31.9 Å². The molecule has 0 spiro atoms. The van der Waals surface area contributed by atoms with E-state index in [-0.39, 0.29) is 0 Å². The Balaban J connectivity index is 1.94. The van der Waals surface area contributed by atoms with Crippen LogP contribution >= 0.6 is 0 Å². The summed E-state index contributed by atoms with van der Waals surface area (Å²) in [5.74, 6) is 1.65. The SMILES string of the molecule is CCCN(Cc1ccnc(NC)n1)CC1CC1. The lowest BCUT2D eigenvalue weighted by Gasteiger charge is -2.21. The highest BCUT2D eigenvalue weighted by atomic mass is 15.1. The van der Waals surface area contributed by atoms with Gasteiger partial charge in [0.25, 0.3) is 0 Å². The topological polar surface area (TPSA) is 41.1 Å². The second-order valence-electron chi connectivity index (χ2n) is 4.80. The Morgan fingerprint density at radius 3 is 2.94 bits per heavy atom. The van der Waals surface area contributed by atoms with Gasteiger partial charge in [-0.15, -0.1) is 0 Å². The largest absolute Gasteiger partial charge is 0.357 e. The number of nitrogens with zero attached hydrogens (tertiary/aromatic N) is 3. The lowest BCUT2D eigenvalue weighted by molar-refractivity contribution is 0.252. The van der Waals surface area contributed by atoms with Gasteiger partial charge < -0.3 is 5.32 Å². The molecule has 4 nitrogen and oxygen atoms in total. The molecule has 1 aromatic rings. The maximum absolute atomic E-state index is 4.48.